The quantitative estimate of drug-likeness (QED) is 0.713. The zero-order valence-electron chi connectivity index (χ0n) is 11.7. The van der Waals surface area contributed by atoms with E-state index in [9.17, 15) is 9.90 Å². The van der Waals surface area contributed by atoms with Crippen LogP contribution < -0.4 is 10.6 Å². The highest BCUT2D eigenvalue weighted by molar-refractivity contribution is 5.74. The van der Waals surface area contributed by atoms with Crippen LogP contribution in [0.3, 0.4) is 0 Å². The summed E-state index contributed by atoms with van der Waals surface area (Å²) in [5.41, 5.74) is 0.000449. The number of carbonyl (C=O) groups is 1. The van der Waals surface area contributed by atoms with Gasteiger partial charge in [0.2, 0.25) is 0 Å². The summed E-state index contributed by atoms with van der Waals surface area (Å²) in [6.45, 7) is 0.814. The van der Waals surface area contributed by atoms with Gasteiger partial charge in [0.05, 0.1) is 6.61 Å². The maximum atomic E-state index is 11.9. The number of hydrogen-bond donors (Lipinski definition) is 3. The van der Waals surface area contributed by atoms with E-state index in [2.05, 4.69) is 10.6 Å². The van der Waals surface area contributed by atoms with Crippen LogP contribution in [-0.2, 0) is 0 Å². The minimum Gasteiger partial charge on any atom is -0.396 e. The van der Waals surface area contributed by atoms with Gasteiger partial charge in [-0.05, 0) is 50.4 Å². The van der Waals surface area contributed by atoms with E-state index >= 15 is 0 Å². The first-order chi connectivity index (χ1) is 9.21. The first-order valence-electron chi connectivity index (χ1n) is 7.86. The third-order valence-electron chi connectivity index (χ3n) is 5.26. The molecule has 3 rings (SSSR count). The molecule has 3 fully saturated rings. The fourth-order valence-corrected chi connectivity index (χ4v) is 3.43. The van der Waals surface area contributed by atoms with Crippen molar-refractivity contribution in [1.29, 1.82) is 0 Å². The Morgan fingerprint density at radius 1 is 1.16 bits per heavy atom. The molecule has 2 atom stereocenters. The number of urea groups is 1. The molecule has 0 aromatic heterocycles. The summed E-state index contributed by atoms with van der Waals surface area (Å²) in [4.78, 5) is 11.9. The lowest BCUT2D eigenvalue weighted by Crippen LogP contribution is -2.46. The van der Waals surface area contributed by atoms with Crippen LogP contribution in [0.4, 0.5) is 4.79 Å². The summed E-state index contributed by atoms with van der Waals surface area (Å²) in [6, 6.07) is 0.324. The van der Waals surface area contributed by atoms with Crippen LogP contribution in [0.15, 0.2) is 0 Å². The van der Waals surface area contributed by atoms with E-state index in [0.29, 0.717) is 12.6 Å². The van der Waals surface area contributed by atoms with Crippen molar-refractivity contribution in [2.75, 3.05) is 13.2 Å². The van der Waals surface area contributed by atoms with E-state index in [1.807, 2.05) is 0 Å². The zero-order valence-corrected chi connectivity index (χ0v) is 11.7. The van der Waals surface area contributed by atoms with Gasteiger partial charge in [0, 0.05) is 18.0 Å². The molecule has 4 heteroatoms. The van der Waals surface area contributed by atoms with Gasteiger partial charge in [-0.2, -0.15) is 0 Å². The molecule has 0 aromatic carbocycles. The van der Waals surface area contributed by atoms with Crippen molar-refractivity contribution >= 4 is 6.03 Å². The monoisotopic (exact) mass is 266 g/mol. The van der Waals surface area contributed by atoms with E-state index in [-0.39, 0.29) is 18.1 Å². The van der Waals surface area contributed by atoms with Gasteiger partial charge in [0.25, 0.3) is 0 Å². The summed E-state index contributed by atoms with van der Waals surface area (Å²) >= 11 is 0. The van der Waals surface area contributed by atoms with Gasteiger partial charge >= 0.3 is 6.03 Å². The molecule has 2 unspecified atom stereocenters. The Labute approximate surface area is 115 Å². The summed E-state index contributed by atoms with van der Waals surface area (Å²) in [5, 5.41) is 15.3. The molecule has 3 aliphatic rings. The lowest BCUT2D eigenvalue weighted by molar-refractivity contribution is 0.198. The Bertz CT molecular complexity index is 337. The second-order valence-corrected chi connectivity index (χ2v) is 6.95. The number of aliphatic hydroxyl groups is 1. The molecule has 0 radical (unpaired) electrons. The Morgan fingerprint density at radius 3 is 2.58 bits per heavy atom. The normalized spacial score (nSPS) is 32.7. The summed E-state index contributed by atoms with van der Waals surface area (Å²) in [5.74, 6) is 1.81. The predicted molar refractivity (Wildman–Crippen MR) is 73.8 cm³/mol. The zero-order chi connectivity index (χ0) is 13.3. The topological polar surface area (TPSA) is 61.4 Å². The van der Waals surface area contributed by atoms with Crippen molar-refractivity contribution < 1.29 is 9.90 Å². The Kier molecular flexibility index (Phi) is 3.70. The highest BCUT2D eigenvalue weighted by atomic mass is 16.3. The van der Waals surface area contributed by atoms with Crippen molar-refractivity contribution in [3.8, 4) is 0 Å². The van der Waals surface area contributed by atoms with Crippen molar-refractivity contribution in [2.24, 2.45) is 17.3 Å². The number of amides is 2. The lowest BCUT2D eigenvalue weighted by atomic mass is 9.83. The molecule has 0 saturated heterocycles. The molecule has 0 aromatic rings. The van der Waals surface area contributed by atoms with E-state index in [0.717, 1.165) is 31.1 Å². The molecule has 3 N–H and O–H groups in total. The molecule has 3 aliphatic carbocycles. The average molecular weight is 266 g/mol. The fraction of sp³-hybridized carbons (Fsp3) is 0.933. The van der Waals surface area contributed by atoms with Gasteiger partial charge in [-0.15, -0.1) is 0 Å². The minimum atomic E-state index is -0.0406. The molecule has 2 amide bonds. The second kappa shape index (κ2) is 5.31. The summed E-state index contributed by atoms with van der Waals surface area (Å²) in [6.07, 6.45) is 9.80. The van der Waals surface area contributed by atoms with Crippen LogP contribution in [0.2, 0.25) is 0 Å². The van der Waals surface area contributed by atoms with Gasteiger partial charge in [0.15, 0.2) is 0 Å². The molecular formula is C15H26N2O2. The first kappa shape index (κ1) is 13.2. The van der Waals surface area contributed by atoms with E-state index < -0.39 is 0 Å². The SMILES string of the molecule is O=C(NCC1(CO)CC1)NC1CCCC(C2CC2)C1. The number of hydrogen-bond acceptors (Lipinski definition) is 2. The van der Waals surface area contributed by atoms with Gasteiger partial charge in [0.1, 0.15) is 0 Å². The molecule has 0 spiro atoms. The van der Waals surface area contributed by atoms with E-state index in [4.69, 9.17) is 0 Å². The first-order valence-corrected chi connectivity index (χ1v) is 7.86. The summed E-state index contributed by atoms with van der Waals surface area (Å²) in [7, 11) is 0. The van der Waals surface area contributed by atoms with E-state index in [1.165, 1.54) is 32.1 Å². The molecule has 108 valence electrons. The van der Waals surface area contributed by atoms with Crippen molar-refractivity contribution in [1.82, 2.24) is 10.6 Å². The van der Waals surface area contributed by atoms with Crippen molar-refractivity contribution in [3.05, 3.63) is 0 Å². The highest BCUT2D eigenvalue weighted by Crippen LogP contribution is 2.44. The molecule has 3 saturated carbocycles. The van der Waals surface area contributed by atoms with E-state index in [1.54, 1.807) is 0 Å². The number of rotatable bonds is 5. The predicted octanol–water partition coefficient (Wildman–Crippen LogP) is 2.03. The molecule has 0 aliphatic heterocycles. The van der Waals surface area contributed by atoms with Crippen LogP contribution in [0.25, 0.3) is 0 Å². The fourth-order valence-electron chi connectivity index (χ4n) is 3.43. The minimum absolute atomic E-state index is 0.000449. The van der Waals surface area contributed by atoms with Crippen molar-refractivity contribution in [3.63, 3.8) is 0 Å². The summed E-state index contributed by atoms with van der Waals surface area (Å²) < 4.78 is 0. The van der Waals surface area contributed by atoms with Crippen LogP contribution in [0, 0.1) is 17.3 Å². The van der Waals surface area contributed by atoms with Gasteiger partial charge in [-0.25, -0.2) is 4.79 Å². The highest BCUT2D eigenvalue weighted by Gasteiger charge is 2.42. The molecule has 0 heterocycles. The maximum Gasteiger partial charge on any atom is 0.315 e. The van der Waals surface area contributed by atoms with Gasteiger partial charge < -0.3 is 15.7 Å². The molecular weight excluding hydrogens is 240 g/mol. The van der Waals surface area contributed by atoms with Gasteiger partial charge in [-0.3, -0.25) is 0 Å². The van der Waals surface area contributed by atoms with Crippen LogP contribution in [-0.4, -0.2) is 30.3 Å². The number of carbonyl (C=O) groups excluding carboxylic acids is 1. The third-order valence-corrected chi connectivity index (χ3v) is 5.26. The average Bonchev–Trinajstić information content (AvgIpc) is 3.29. The van der Waals surface area contributed by atoms with Crippen LogP contribution >= 0.6 is 0 Å². The smallest absolute Gasteiger partial charge is 0.315 e. The Hall–Kier alpha value is -0.770. The molecule has 0 bridgehead atoms. The Morgan fingerprint density at radius 2 is 1.95 bits per heavy atom. The Balaban J connectivity index is 1.39. The van der Waals surface area contributed by atoms with Crippen LogP contribution in [0.5, 0.6) is 0 Å². The van der Waals surface area contributed by atoms with Crippen molar-refractivity contribution in [2.45, 2.75) is 57.4 Å². The second-order valence-electron chi connectivity index (χ2n) is 6.95. The third kappa shape index (κ3) is 3.41. The lowest BCUT2D eigenvalue weighted by Gasteiger charge is -2.30. The standard InChI is InChI=1S/C15H26N2O2/c18-10-15(6-7-15)9-16-14(19)17-13-3-1-2-12(8-13)11-4-5-11/h11-13,18H,1-10H2,(H2,16,17,19). The largest absolute Gasteiger partial charge is 0.396 e. The number of nitrogens with one attached hydrogen (secondary N) is 2. The maximum absolute atomic E-state index is 11.9. The molecule has 19 heavy (non-hydrogen) atoms. The van der Waals surface area contributed by atoms with Crippen LogP contribution in [0.1, 0.15) is 51.4 Å². The van der Waals surface area contributed by atoms with Gasteiger partial charge in [-0.1, -0.05) is 12.8 Å². The number of aliphatic hydroxyl groups excluding tert-OH is 1. The molecule has 4 nitrogen and oxygen atoms in total.